The van der Waals surface area contributed by atoms with Gasteiger partial charge in [0, 0.05) is 31.7 Å². The van der Waals surface area contributed by atoms with Crippen LogP contribution in [0.25, 0.3) is 22.4 Å². The van der Waals surface area contributed by atoms with E-state index in [-0.39, 0.29) is 11.4 Å². The van der Waals surface area contributed by atoms with E-state index in [9.17, 15) is 0 Å². The molecule has 0 amide bonds. The Morgan fingerprint density at radius 2 is 1.70 bits per heavy atom. The molecule has 9 heteroatoms. The molecule has 0 saturated carbocycles. The smallest absolute Gasteiger partial charge is 0.224 e. The minimum atomic E-state index is 0. The second kappa shape index (κ2) is 7.68. The number of benzene rings is 1. The molecular weight excluding hydrogens is 346 g/mol. The quantitative estimate of drug-likeness (QED) is 0.712. The second-order valence-electron chi connectivity index (χ2n) is 6.35. The predicted molar refractivity (Wildman–Crippen MR) is 105 cm³/mol. The molecule has 4 N–H and O–H groups in total. The number of nitrogens with zero attached hydrogens (tertiary/aromatic N) is 6. The Hall–Kier alpha value is -3.04. The fourth-order valence-electron chi connectivity index (χ4n) is 3.05. The number of nitrogens with two attached hydrogens (primary N) is 1. The lowest BCUT2D eigenvalue weighted by molar-refractivity contribution is 0.312. The van der Waals surface area contributed by atoms with Crippen LogP contribution >= 0.6 is 0 Å². The summed E-state index contributed by atoms with van der Waals surface area (Å²) in [6.07, 6.45) is 1.71. The molecule has 1 aliphatic heterocycles. The molecule has 1 aromatic carbocycles. The van der Waals surface area contributed by atoms with Crippen LogP contribution in [-0.4, -0.2) is 70.6 Å². The van der Waals surface area contributed by atoms with E-state index in [0.717, 1.165) is 49.0 Å². The summed E-state index contributed by atoms with van der Waals surface area (Å²) in [6, 6.07) is 7.73. The van der Waals surface area contributed by atoms with Crippen LogP contribution in [0.2, 0.25) is 0 Å². The standard InChI is InChI=1S/C18H21N7O.H2O/c1-24-7-9-25(10-8-24)17-15-16(22-18(19)23-17)20-11-14(21-15)12-3-5-13(26-2)6-4-12;/h3-6,11H,7-10H2,1-2H3,(H2,19,20,22,23);1H2. The van der Waals surface area contributed by atoms with Crippen LogP contribution in [0.1, 0.15) is 0 Å². The van der Waals surface area contributed by atoms with Gasteiger partial charge in [0.15, 0.2) is 17.0 Å². The van der Waals surface area contributed by atoms with Crippen molar-refractivity contribution in [3.8, 4) is 17.0 Å². The maximum Gasteiger partial charge on any atom is 0.224 e. The number of likely N-dealkylation sites (N-methyl/N-ethyl adjacent to an activating group) is 1. The number of hydrogen-bond donors (Lipinski definition) is 1. The van der Waals surface area contributed by atoms with Crippen LogP contribution in [0, 0.1) is 0 Å². The van der Waals surface area contributed by atoms with E-state index in [4.69, 9.17) is 15.5 Å². The van der Waals surface area contributed by atoms with Crippen LogP contribution in [0.3, 0.4) is 0 Å². The summed E-state index contributed by atoms with van der Waals surface area (Å²) < 4.78 is 5.22. The molecule has 0 atom stereocenters. The first-order valence-electron chi connectivity index (χ1n) is 8.52. The van der Waals surface area contributed by atoms with Gasteiger partial charge in [0.05, 0.1) is 19.0 Å². The van der Waals surface area contributed by atoms with E-state index in [1.807, 2.05) is 24.3 Å². The molecule has 2 aromatic heterocycles. The minimum absolute atomic E-state index is 0. The van der Waals surface area contributed by atoms with Gasteiger partial charge in [-0.25, -0.2) is 9.97 Å². The molecule has 3 heterocycles. The Morgan fingerprint density at radius 1 is 1.00 bits per heavy atom. The van der Waals surface area contributed by atoms with Crippen molar-refractivity contribution in [3.05, 3.63) is 30.5 Å². The highest BCUT2D eigenvalue weighted by Gasteiger charge is 2.20. The normalized spacial score (nSPS) is 14.8. The van der Waals surface area contributed by atoms with Crippen molar-refractivity contribution >= 4 is 22.9 Å². The van der Waals surface area contributed by atoms with E-state index in [1.165, 1.54) is 0 Å². The van der Waals surface area contributed by atoms with E-state index in [1.54, 1.807) is 13.3 Å². The SMILES string of the molecule is COc1ccc(-c2cnc3nc(N)nc(N4CCN(C)CC4)c3n2)cc1.O. The number of aromatic nitrogens is 4. The van der Waals surface area contributed by atoms with E-state index in [2.05, 4.69) is 31.8 Å². The summed E-state index contributed by atoms with van der Waals surface area (Å²) >= 11 is 0. The van der Waals surface area contributed by atoms with Gasteiger partial charge in [0.2, 0.25) is 5.95 Å². The largest absolute Gasteiger partial charge is 0.497 e. The van der Waals surface area contributed by atoms with Gasteiger partial charge in [-0.2, -0.15) is 9.97 Å². The number of nitrogen functional groups attached to an aromatic ring is 1. The molecule has 9 nitrogen and oxygen atoms in total. The number of anilines is 2. The van der Waals surface area contributed by atoms with Crippen molar-refractivity contribution in [2.75, 3.05) is 51.0 Å². The first kappa shape index (κ1) is 18.7. The Morgan fingerprint density at radius 3 is 2.37 bits per heavy atom. The molecule has 4 rings (SSSR count). The van der Waals surface area contributed by atoms with E-state index in [0.29, 0.717) is 11.2 Å². The lowest BCUT2D eigenvalue weighted by Gasteiger charge is -2.33. The van der Waals surface area contributed by atoms with Crippen LogP contribution in [0.15, 0.2) is 30.5 Å². The topological polar surface area (TPSA) is 125 Å². The molecule has 0 bridgehead atoms. The third kappa shape index (κ3) is 3.74. The first-order chi connectivity index (χ1) is 12.6. The van der Waals surface area contributed by atoms with Crippen LogP contribution < -0.4 is 15.4 Å². The Kier molecular flexibility index (Phi) is 5.33. The van der Waals surface area contributed by atoms with Gasteiger partial charge in [-0.3, -0.25) is 0 Å². The van der Waals surface area contributed by atoms with Crippen LogP contribution in [0.4, 0.5) is 11.8 Å². The molecule has 27 heavy (non-hydrogen) atoms. The van der Waals surface area contributed by atoms with Crippen molar-refractivity contribution in [2.24, 2.45) is 0 Å². The lowest BCUT2D eigenvalue weighted by Crippen LogP contribution is -2.45. The molecule has 1 aliphatic rings. The van der Waals surface area contributed by atoms with Gasteiger partial charge in [-0.1, -0.05) is 0 Å². The average Bonchev–Trinajstić information content (AvgIpc) is 2.68. The Balaban J connectivity index is 0.00000210. The van der Waals surface area contributed by atoms with Gasteiger partial charge in [0.25, 0.3) is 0 Å². The van der Waals surface area contributed by atoms with Gasteiger partial charge in [-0.05, 0) is 31.3 Å². The van der Waals surface area contributed by atoms with Crippen LogP contribution in [0.5, 0.6) is 5.75 Å². The Bertz CT molecular complexity index is 925. The summed E-state index contributed by atoms with van der Waals surface area (Å²) in [6.45, 7) is 3.68. The number of rotatable bonds is 3. The molecule has 1 fully saturated rings. The molecule has 0 spiro atoms. The monoisotopic (exact) mass is 369 g/mol. The van der Waals surface area contributed by atoms with Crippen molar-refractivity contribution in [1.29, 1.82) is 0 Å². The third-order valence-corrected chi connectivity index (χ3v) is 4.59. The summed E-state index contributed by atoms with van der Waals surface area (Å²) in [7, 11) is 3.76. The maximum atomic E-state index is 5.90. The minimum Gasteiger partial charge on any atom is -0.497 e. The van der Waals surface area contributed by atoms with E-state index < -0.39 is 0 Å². The zero-order chi connectivity index (χ0) is 18.1. The van der Waals surface area contributed by atoms with Crippen LogP contribution in [-0.2, 0) is 0 Å². The number of hydrogen-bond acceptors (Lipinski definition) is 8. The average molecular weight is 369 g/mol. The summed E-state index contributed by atoms with van der Waals surface area (Å²) in [5.41, 5.74) is 8.82. The summed E-state index contributed by atoms with van der Waals surface area (Å²) in [4.78, 5) is 22.5. The molecule has 0 unspecified atom stereocenters. The molecule has 1 saturated heterocycles. The van der Waals surface area contributed by atoms with Crippen molar-refractivity contribution in [1.82, 2.24) is 24.8 Å². The second-order valence-corrected chi connectivity index (χ2v) is 6.35. The van der Waals surface area contributed by atoms with Crippen molar-refractivity contribution in [3.63, 3.8) is 0 Å². The van der Waals surface area contributed by atoms with Gasteiger partial charge >= 0.3 is 0 Å². The number of ether oxygens (including phenoxy) is 1. The van der Waals surface area contributed by atoms with Gasteiger partial charge < -0.3 is 25.7 Å². The highest BCUT2D eigenvalue weighted by Crippen LogP contribution is 2.26. The predicted octanol–water partition coefficient (Wildman–Crippen LogP) is 0.605. The van der Waals surface area contributed by atoms with Crippen molar-refractivity contribution < 1.29 is 10.2 Å². The highest BCUT2D eigenvalue weighted by atomic mass is 16.5. The molecule has 0 radical (unpaired) electrons. The molecule has 142 valence electrons. The first-order valence-corrected chi connectivity index (χ1v) is 8.52. The maximum absolute atomic E-state index is 5.90. The Labute approximate surface area is 157 Å². The summed E-state index contributed by atoms with van der Waals surface area (Å²) in [5, 5.41) is 0. The third-order valence-electron chi connectivity index (χ3n) is 4.59. The van der Waals surface area contributed by atoms with Gasteiger partial charge in [0.1, 0.15) is 5.75 Å². The summed E-state index contributed by atoms with van der Waals surface area (Å²) in [5.74, 6) is 1.78. The van der Waals surface area contributed by atoms with E-state index >= 15 is 0 Å². The number of piperazine rings is 1. The van der Waals surface area contributed by atoms with Gasteiger partial charge in [-0.15, -0.1) is 0 Å². The number of methoxy groups -OCH3 is 1. The fraction of sp³-hybridized carbons (Fsp3) is 0.333. The molecule has 3 aromatic rings. The molecule has 0 aliphatic carbocycles. The lowest BCUT2D eigenvalue weighted by atomic mass is 10.1. The zero-order valence-corrected chi connectivity index (χ0v) is 15.4. The number of fused-ring (bicyclic) bond motifs is 1. The highest BCUT2D eigenvalue weighted by molar-refractivity contribution is 5.85. The molecular formula is C18H23N7O2. The zero-order valence-electron chi connectivity index (χ0n) is 15.4. The van der Waals surface area contributed by atoms with Crippen molar-refractivity contribution in [2.45, 2.75) is 0 Å². The fourth-order valence-corrected chi connectivity index (χ4v) is 3.05.